The summed E-state index contributed by atoms with van der Waals surface area (Å²) in [6.45, 7) is 0.883. The predicted molar refractivity (Wildman–Crippen MR) is 102 cm³/mol. The van der Waals surface area contributed by atoms with Crippen LogP contribution in [0.5, 0.6) is 11.5 Å². The molecule has 3 heterocycles. The number of sulfonamides is 1. The van der Waals surface area contributed by atoms with Gasteiger partial charge in [0.05, 0.1) is 15.9 Å². The van der Waals surface area contributed by atoms with Gasteiger partial charge in [0.1, 0.15) is 13.2 Å². The summed E-state index contributed by atoms with van der Waals surface area (Å²) in [7, 11) is -7.24. The van der Waals surface area contributed by atoms with Gasteiger partial charge in [-0.2, -0.15) is 4.31 Å². The molecule has 146 valence electrons. The Kier molecular flexibility index (Phi) is 4.91. The summed E-state index contributed by atoms with van der Waals surface area (Å²) in [6.07, 6.45) is 0.243. The van der Waals surface area contributed by atoms with Gasteiger partial charge >= 0.3 is 0 Å². The molecule has 4 rings (SSSR count). The second-order valence-electron chi connectivity index (χ2n) is 6.37. The molecule has 27 heavy (non-hydrogen) atoms. The van der Waals surface area contributed by atoms with Crippen molar-refractivity contribution in [3.8, 4) is 11.5 Å². The molecular formula is C17H19NO6S3. The number of nitrogens with zero attached hydrogens (tertiary/aromatic N) is 1. The van der Waals surface area contributed by atoms with Gasteiger partial charge in [-0.3, -0.25) is 0 Å². The summed E-state index contributed by atoms with van der Waals surface area (Å²) in [5, 5.41) is 1.18. The van der Waals surface area contributed by atoms with E-state index >= 15 is 0 Å². The lowest BCUT2D eigenvalue weighted by molar-refractivity contribution is 0.171. The molecule has 1 fully saturated rings. The number of fused-ring (bicyclic) bond motifs is 1. The second kappa shape index (κ2) is 7.08. The summed E-state index contributed by atoms with van der Waals surface area (Å²) < 4.78 is 63.6. The molecule has 0 saturated carbocycles. The summed E-state index contributed by atoms with van der Waals surface area (Å²) >= 11 is 1.38. The third-order valence-corrected chi connectivity index (χ3v) is 9.85. The molecule has 1 aromatic carbocycles. The normalized spacial score (nSPS) is 22.9. The second-order valence-corrected chi connectivity index (χ2v) is 11.6. The zero-order chi connectivity index (χ0) is 19.1. The van der Waals surface area contributed by atoms with E-state index in [0.717, 1.165) is 4.88 Å². The van der Waals surface area contributed by atoms with Crippen LogP contribution in [-0.4, -0.2) is 53.2 Å². The Morgan fingerprint density at radius 1 is 1.07 bits per heavy atom. The number of hydrogen-bond donors (Lipinski definition) is 0. The van der Waals surface area contributed by atoms with Gasteiger partial charge in [0.25, 0.3) is 0 Å². The monoisotopic (exact) mass is 429 g/mol. The van der Waals surface area contributed by atoms with E-state index in [1.165, 1.54) is 27.8 Å². The molecule has 1 saturated heterocycles. The quantitative estimate of drug-likeness (QED) is 0.742. The third kappa shape index (κ3) is 3.58. The van der Waals surface area contributed by atoms with Crippen LogP contribution in [0, 0.1) is 0 Å². The summed E-state index contributed by atoms with van der Waals surface area (Å²) in [4.78, 5) is 0.840. The number of sulfone groups is 1. The van der Waals surface area contributed by atoms with Gasteiger partial charge in [0.15, 0.2) is 21.3 Å². The van der Waals surface area contributed by atoms with Crippen molar-refractivity contribution in [2.24, 2.45) is 0 Å². The van der Waals surface area contributed by atoms with E-state index in [2.05, 4.69) is 0 Å². The Bertz CT molecular complexity index is 1030. The van der Waals surface area contributed by atoms with Gasteiger partial charge in [-0.05, 0) is 30.0 Å². The molecule has 1 unspecified atom stereocenters. The number of thiophene rings is 1. The maximum atomic E-state index is 13.1. The first-order chi connectivity index (χ1) is 12.9. The highest BCUT2D eigenvalue weighted by Crippen LogP contribution is 2.36. The average Bonchev–Trinajstić information content (AvgIpc) is 3.12. The predicted octanol–water partition coefficient (Wildman–Crippen LogP) is 2.07. The SMILES string of the molecule is O=S1(=O)CCN(S(=O)(=O)c2ccc3c(c2)OCCO3)CCC1c1cccs1. The van der Waals surface area contributed by atoms with Crippen molar-refractivity contribution in [1.29, 1.82) is 0 Å². The Balaban J connectivity index is 1.61. The van der Waals surface area contributed by atoms with Crippen molar-refractivity contribution in [3.63, 3.8) is 0 Å². The topological polar surface area (TPSA) is 90.0 Å². The summed E-state index contributed by atoms with van der Waals surface area (Å²) in [5.41, 5.74) is 0. The van der Waals surface area contributed by atoms with Crippen molar-refractivity contribution in [3.05, 3.63) is 40.6 Å². The Labute approximate surface area is 162 Å². The molecule has 1 aromatic heterocycles. The zero-order valence-electron chi connectivity index (χ0n) is 14.4. The van der Waals surface area contributed by atoms with Crippen LogP contribution in [0.25, 0.3) is 0 Å². The van der Waals surface area contributed by atoms with Crippen molar-refractivity contribution in [2.45, 2.75) is 16.6 Å². The van der Waals surface area contributed by atoms with Crippen LogP contribution in [0.3, 0.4) is 0 Å². The van der Waals surface area contributed by atoms with Crippen LogP contribution in [0.15, 0.2) is 40.6 Å². The third-order valence-electron chi connectivity index (χ3n) is 4.71. The first-order valence-electron chi connectivity index (χ1n) is 8.53. The standard InChI is InChI=1S/C17H19NO6S3/c19-26(20)11-7-18(6-5-17(26)16-2-1-10-25-16)27(21,22)13-3-4-14-15(12-13)24-9-8-23-14/h1-4,10,12,17H,5-9,11H2. The minimum Gasteiger partial charge on any atom is -0.486 e. The van der Waals surface area contributed by atoms with Crippen molar-refractivity contribution in [2.75, 3.05) is 32.1 Å². The first-order valence-corrected chi connectivity index (χ1v) is 12.6. The van der Waals surface area contributed by atoms with Crippen LogP contribution in [0.1, 0.15) is 16.5 Å². The molecule has 2 aromatic rings. The van der Waals surface area contributed by atoms with Crippen molar-refractivity contribution in [1.82, 2.24) is 4.31 Å². The molecule has 0 N–H and O–H groups in total. The fraction of sp³-hybridized carbons (Fsp3) is 0.412. The Morgan fingerprint density at radius 2 is 1.85 bits per heavy atom. The van der Waals surface area contributed by atoms with Gasteiger partial charge in [0.2, 0.25) is 10.0 Å². The lowest BCUT2D eigenvalue weighted by atomic mass is 10.2. The van der Waals surface area contributed by atoms with Gasteiger partial charge in [-0.1, -0.05) is 6.07 Å². The van der Waals surface area contributed by atoms with Crippen LogP contribution in [0.2, 0.25) is 0 Å². The molecule has 2 aliphatic rings. The summed E-state index contributed by atoms with van der Waals surface area (Å²) in [5.74, 6) is 0.705. The Morgan fingerprint density at radius 3 is 2.59 bits per heavy atom. The molecule has 0 amide bonds. The molecular weight excluding hydrogens is 410 g/mol. The molecule has 0 radical (unpaired) electrons. The van der Waals surface area contributed by atoms with Gasteiger partial charge in [-0.15, -0.1) is 11.3 Å². The van der Waals surface area contributed by atoms with Crippen LogP contribution < -0.4 is 9.47 Å². The number of ether oxygens (including phenoxy) is 2. The average molecular weight is 430 g/mol. The molecule has 0 bridgehead atoms. The van der Waals surface area contributed by atoms with E-state index in [-0.39, 0.29) is 30.2 Å². The molecule has 1 atom stereocenters. The smallest absolute Gasteiger partial charge is 0.243 e. The largest absolute Gasteiger partial charge is 0.486 e. The van der Waals surface area contributed by atoms with Gasteiger partial charge in [-0.25, -0.2) is 16.8 Å². The maximum absolute atomic E-state index is 13.1. The minimum absolute atomic E-state index is 0.0546. The fourth-order valence-corrected chi connectivity index (χ4v) is 7.88. The van der Waals surface area contributed by atoms with E-state index < -0.39 is 25.1 Å². The van der Waals surface area contributed by atoms with Crippen LogP contribution >= 0.6 is 11.3 Å². The first kappa shape index (κ1) is 18.7. The highest BCUT2D eigenvalue weighted by atomic mass is 32.2. The lowest BCUT2D eigenvalue weighted by Crippen LogP contribution is -2.33. The number of rotatable bonds is 3. The minimum atomic E-state index is -3.82. The highest BCUT2D eigenvalue weighted by molar-refractivity contribution is 7.92. The Hall–Kier alpha value is -1.62. The summed E-state index contributed by atoms with van der Waals surface area (Å²) in [6, 6.07) is 8.09. The molecule has 0 aliphatic carbocycles. The molecule has 7 nitrogen and oxygen atoms in total. The fourth-order valence-electron chi connectivity index (χ4n) is 3.29. The highest BCUT2D eigenvalue weighted by Gasteiger charge is 2.36. The van der Waals surface area contributed by atoms with E-state index in [1.807, 2.05) is 11.4 Å². The lowest BCUT2D eigenvalue weighted by Gasteiger charge is -2.22. The zero-order valence-corrected chi connectivity index (χ0v) is 16.9. The molecule has 10 heteroatoms. The van der Waals surface area contributed by atoms with Crippen molar-refractivity contribution < 1.29 is 26.3 Å². The van der Waals surface area contributed by atoms with E-state index in [0.29, 0.717) is 24.7 Å². The van der Waals surface area contributed by atoms with E-state index in [1.54, 1.807) is 12.1 Å². The van der Waals surface area contributed by atoms with E-state index in [4.69, 9.17) is 9.47 Å². The number of hydrogen-bond acceptors (Lipinski definition) is 7. The maximum Gasteiger partial charge on any atom is 0.243 e. The molecule has 2 aliphatic heterocycles. The number of benzene rings is 1. The van der Waals surface area contributed by atoms with Crippen LogP contribution in [0.4, 0.5) is 0 Å². The van der Waals surface area contributed by atoms with Gasteiger partial charge in [0, 0.05) is 24.0 Å². The van der Waals surface area contributed by atoms with Gasteiger partial charge < -0.3 is 9.47 Å². The molecule has 0 spiro atoms. The van der Waals surface area contributed by atoms with Crippen LogP contribution in [-0.2, 0) is 19.9 Å². The van der Waals surface area contributed by atoms with E-state index in [9.17, 15) is 16.8 Å². The van der Waals surface area contributed by atoms with Crippen molar-refractivity contribution >= 4 is 31.2 Å².